The summed E-state index contributed by atoms with van der Waals surface area (Å²) in [7, 11) is 0. The molecule has 1 aliphatic rings. The first kappa shape index (κ1) is 14.3. The summed E-state index contributed by atoms with van der Waals surface area (Å²) in [6, 6.07) is 0. The molecule has 1 aromatic heterocycles. The number of nitrogens with zero attached hydrogens (tertiary/aromatic N) is 3. The summed E-state index contributed by atoms with van der Waals surface area (Å²) in [5.41, 5.74) is 4.82. The smallest absolute Gasteiger partial charge is 0.233 e. The summed E-state index contributed by atoms with van der Waals surface area (Å²) >= 11 is 0. The van der Waals surface area contributed by atoms with Crippen LogP contribution in [0.15, 0.2) is 9.68 Å². The van der Waals surface area contributed by atoms with Crippen LogP contribution in [0.1, 0.15) is 37.4 Å². The van der Waals surface area contributed by atoms with Crippen LogP contribution in [0.2, 0.25) is 0 Å². The first-order valence-corrected chi connectivity index (χ1v) is 6.64. The molecule has 0 atom stereocenters. The molecule has 0 aliphatic heterocycles. The van der Waals surface area contributed by atoms with E-state index in [9.17, 15) is 4.79 Å². The summed E-state index contributed by atoms with van der Waals surface area (Å²) in [6.07, 6.45) is 3.46. The molecule has 8 nitrogen and oxygen atoms in total. The van der Waals surface area contributed by atoms with Crippen molar-refractivity contribution >= 4 is 11.7 Å². The second-order valence-corrected chi connectivity index (χ2v) is 5.02. The Kier molecular flexibility index (Phi) is 4.21. The topological polar surface area (TPSA) is 127 Å². The number of carbonyl (C=O) groups is 1. The van der Waals surface area contributed by atoms with Gasteiger partial charge in [-0.2, -0.15) is 4.98 Å². The quantitative estimate of drug-likeness (QED) is 0.309. The minimum Gasteiger partial charge on any atom is -0.409 e. The molecule has 20 heavy (non-hydrogen) atoms. The van der Waals surface area contributed by atoms with Crippen LogP contribution in [-0.4, -0.2) is 33.6 Å². The van der Waals surface area contributed by atoms with Crippen LogP contribution in [0.5, 0.6) is 0 Å². The lowest BCUT2D eigenvalue weighted by Gasteiger charge is -2.25. The van der Waals surface area contributed by atoms with Gasteiger partial charge in [0.1, 0.15) is 5.41 Å². The van der Waals surface area contributed by atoms with Crippen molar-refractivity contribution in [1.82, 2.24) is 15.5 Å². The van der Waals surface area contributed by atoms with E-state index in [1.165, 1.54) is 0 Å². The largest absolute Gasteiger partial charge is 0.409 e. The van der Waals surface area contributed by atoms with Crippen LogP contribution in [0, 0.1) is 12.3 Å². The number of rotatable bonds is 5. The van der Waals surface area contributed by atoms with E-state index in [1.54, 1.807) is 6.92 Å². The number of hydrogen-bond donors (Lipinski definition) is 3. The van der Waals surface area contributed by atoms with E-state index in [-0.39, 0.29) is 11.7 Å². The zero-order chi connectivity index (χ0) is 14.6. The van der Waals surface area contributed by atoms with Crippen molar-refractivity contribution in [3.05, 3.63) is 11.7 Å². The third kappa shape index (κ3) is 2.73. The number of oxime groups is 1. The van der Waals surface area contributed by atoms with E-state index in [0.717, 1.165) is 12.8 Å². The zero-order valence-electron chi connectivity index (χ0n) is 11.4. The van der Waals surface area contributed by atoms with Crippen LogP contribution in [-0.2, 0) is 11.2 Å². The average molecular weight is 281 g/mol. The Morgan fingerprint density at radius 2 is 2.25 bits per heavy atom. The number of carbonyl (C=O) groups excluding carboxylic acids is 1. The minimum atomic E-state index is -0.875. The number of nitrogens with two attached hydrogens (primary N) is 1. The molecular formula is C12H19N5O3. The molecule has 0 unspecified atom stereocenters. The molecule has 110 valence electrons. The molecule has 0 aromatic carbocycles. The maximum atomic E-state index is 12.3. The van der Waals surface area contributed by atoms with Crippen LogP contribution in [0.25, 0.3) is 0 Å². The van der Waals surface area contributed by atoms with Gasteiger partial charge in [0, 0.05) is 13.0 Å². The first-order valence-electron chi connectivity index (χ1n) is 6.64. The van der Waals surface area contributed by atoms with Crippen LogP contribution < -0.4 is 11.1 Å². The summed E-state index contributed by atoms with van der Waals surface area (Å²) in [5.74, 6) is 0.824. The highest BCUT2D eigenvalue weighted by Crippen LogP contribution is 2.38. The first-order chi connectivity index (χ1) is 9.58. The standard InChI is InChI=1S/C12H19N5O3/c1-8-15-9(20-17-8)4-7-14-11(18)12(10(13)16-19)5-2-3-6-12/h19H,2-7H2,1H3,(H2,13,16)(H,14,18). The van der Waals surface area contributed by atoms with Gasteiger partial charge in [-0.3, -0.25) is 4.79 Å². The fourth-order valence-corrected chi connectivity index (χ4v) is 2.57. The Balaban J connectivity index is 1.93. The van der Waals surface area contributed by atoms with Gasteiger partial charge in [0.05, 0.1) is 0 Å². The lowest BCUT2D eigenvalue weighted by molar-refractivity contribution is -0.127. The van der Waals surface area contributed by atoms with E-state index >= 15 is 0 Å². The van der Waals surface area contributed by atoms with Gasteiger partial charge in [-0.05, 0) is 19.8 Å². The molecule has 0 saturated heterocycles. The molecule has 1 heterocycles. The predicted molar refractivity (Wildman–Crippen MR) is 70.1 cm³/mol. The van der Waals surface area contributed by atoms with Crippen molar-refractivity contribution in [2.45, 2.75) is 39.0 Å². The normalized spacial score (nSPS) is 18.1. The van der Waals surface area contributed by atoms with Gasteiger partial charge in [0.25, 0.3) is 0 Å². The molecule has 4 N–H and O–H groups in total. The maximum absolute atomic E-state index is 12.3. The molecule has 0 spiro atoms. The lowest BCUT2D eigenvalue weighted by Crippen LogP contribution is -2.48. The van der Waals surface area contributed by atoms with Crippen molar-refractivity contribution in [2.75, 3.05) is 6.54 Å². The zero-order valence-corrected chi connectivity index (χ0v) is 11.4. The predicted octanol–water partition coefficient (Wildman–Crippen LogP) is 0.344. The molecular weight excluding hydrogens is 262 g/mol. The van der Waals surface area contributed by atoms with Crippen molar-refractivity contribution in [3.63, 3.8) is 0 Å². The number of amidine groups is 1. The monoisotopic (exact) mass is 281 g/mol. The molecule has 1 aliphatic carbocycles. The van der Waals surface area contributed by atoms with Crippen molar-refractivity contribution in [1.29, 1.82) is 0 Å². The summed E-state index contributed by atoms with van der Waals surface area (Å²) in [4.78, 5) is 16.4. The lowest BCUT2D eigenvalue weighted by atomic mass is 9.84. The number of aromatic nitrogens is 2. The summed E-state index contributed by atoms with van der Waals surface area (Å²) < 4.78 is 4.96. The molecule has 2 rings (SSSR count). The fraction of sp³-hybridized carbons (Fsp3) is 0.667. The van der Waals surface area contributed by atoms with Crippen molar-refractivity contribution < 1.29 is 14.5 Å². The SMILES string of the molecule is Cc1noc(CCNC(=O)C2(C(N)=NO)CCCC2)n1. The third-order valence-electron chi connectivity index (χ3n) is 3.68. The summed E-state index contributed by atoms with van der Waals surface area (Å²) in [5, 5.41) is 18.4. The van der Waals surface area contributed by atoms with E-state index in [4.69, 9.17) is 15.5 Å². The molecule has 1 amide bonds. The minimum absolute atomic E-state index is 0.0128. The number of aryl methyl sites for hydroxylation is 1. The van der Waals surface area contributed by atoms with Gasteiger partial charge in [0.15, 0.2) is 11.7 Å². The van der Waals surface area contributed by atoms with Crippen molar-refractivity contribution in [2.24, 2.45) is 16.3 Å². The second-order valence-electron chi connectivity index (χ2n) is 5.02. The highest BCUT2D eigenvalue weighted by Gasteiger charge is 2.45. The molecule has 1 fully saturated rings. The number of nitrogens with one attached hydrogen (secondary N) is 1. The molecule has 1 aromatic rings. The van der Waals surface area contributed by atoms with Gasteiger partial charge in [-0.1, -0.05) is 23.2 Å². The van der Waals surface area contributed by atoms with Crippen LogP contribution in [0.3, 0.4) is 0 Å². The van der Waals surface area contributed by atoms with Gasteiger partial charge >= 0.3 is 0 Å². The van der Waals surface area contributed by atoms with Crippen LogP contribution in [0.4, 0.5) is 0 Å². The second kappa shape index (κ2) is 5.89. The Hall–Kier alpha value is -2.12. The Labute approximate surface area is 116 Å². The Morgan fingerprint density at radius 1 is 1.55 bits per heavy atom. The summed E-state index contributed by atoms with van der Waals surface area (Å²) in [6.45, 7) is 2.11. The number of hydrogen-bond acceptors (Lipinski definition) is 6. The van der Waals surface area contributed by atoms with Crippen LogP contribution >= 0.6 is 0 Å². The highest BCUT2D eigenvalue weighted by molar-refractivity contribution is 6.07. The average Bonchev–Trinajstić information content (AvgIpc) is 3.07. The molecule has 0 bridgehead atoms. The van der Waals surface area contributed by atoms with Crippen molar-refractivity contribution in [3.8, 4) is 0 Å². The van der Waals surface area contributed by atoms with Gasteiger partial charge in [-0.25, -0.2) is 0 Å². The van der Waals surface area contributed by atoms with E-state index < -0.39 is 5.41 Å². The van der Waals surface area contributed by atoms with Gasteiger partial charge < -0.3 is 20.8 Å². The van der Waals surface area contributed by atoms with Gasteiger partial charge in [-0.15, -0.1) is 0 Å². The molecule has 1 saturated carbocycles. The van der Waals surface area contributed by atoms with E-state index in [2.05, 4.69) is 20.6 Å². The Bertz CT molecular complexity index is 505. The molecule has 8 heteroatoms. The number of amides is 1. The Morgan fingerprint density at radius 3 is 2.80 bits per heavy atom. The molecule has 0 radical (unpaired) electrons. The highest BCUT2D eigenvalue weighted by atomic mass is 16.5. The van der Waals surface area contributed by atoms with Gasteiger partial charge in [0.2, 0.25) is 11.8 Å². The maximum Gasteiger partial charge on any atom is 0.233 e. The van der Waals surface area contributed by atoms with E-state index in [1.807, 2.05) is 0 Å². The fourth-order valence-electron chi connectivity index (χ4n) is 2.57. The third-order valence-corrected chi connectivity index (χ3v) is 3.68. The van der Waals surface area contributed by atoms with E-state index in [0.29, 0.717) is 37.5 Å².